The molecule has 0 saturated heterocycles. The second-order valence-electron chi connectivity index (χ2n) is 6.81. The Kier molecular flexibility index (Phi) is 6.22. The molecule has 0 aliphatic rings. The fraction of sp³-hybridized carbons (Fsp3) is 0.0476. The van der Waals surface area contributed by atoms with E-state index < -0.39 is 29.2 Å². The predicted octanol–water partition coefficient (Wildman–Crippen LogP) is 4.63. The van der Waals surface area contributed by atoms with Gasteiger partial charge < -0.3 is 5.32 Å². The zero-order chi connectivity index (χ0) is 23.5. The third-order valence-electron chi connectivity index (χ3n) is 4.30. The molecular formula is C21H13ClF4N6O. The van der Waals surface area contributed by atoms with Crippen molar-refractivity contribution in [1.29, 1.82) is 0 Å². The van der Waals surface area contributed by atoms with E-state index in [0.717, 1.165) is 36.5 Å². The van der Waals surface area contributed by atoms with E-state index in [1.54, 1.807) is 0 Å². The number of aliphatic imine (C=N–C) groups is 1. The monoisotopic (exact) mass is 476 g/mol. The first-order valence-corrected chi connectivity index (χ1v) is 9.70. The van der Waals surface area contributed by atoms with Crippen LogP contribution in [0, 0.1) is 23.3 Å². The molecule has 2 aromatic heterocycles. The maximum absolute atomic E-state index is 13.7. The summed E-state index contributed by atoms with van der Waals surface area (Å²) in [6.07, 6.45) is 0.657. The summed E-state index contributed by atoms with van der Waals surface area (Å²) in [5, 5.41) is 11.8. The van der Waals surface area contributed by atoms with Crippen LogP contribution < -0.4 is 10.6 Å². The fourth-order valence-electron chi connectivity index (χ4n) is 2.91. The molecule has 33 heavy (non-hydrogen) atoms. The van der Waals surface area contributed by atoms with Crippen molar-refractivity contribution in [2.24, 2.45) is 4.99 Å². The molecule has 4 aromatic rings. The first-order valence-electron chi connectivity index (χ1n) is 9.32. The zero-order valence-electron chi connectivity index (χ0n) is 16.5. The Morgan fingerprint density at radius 3 is 2.61 bits per heavy atom. The van der Waals surface area contributed by atoms with Crippen molar-refractivity contribution in [1.82, 2.24) is 20.5 Å². The van der Waals surface area contributed by atoms with Crippen LogP contribution in [0.3, 0.4) is 0 Å². The SMILES string of the molecule is O=C(Cc1ccc(F)c(F)c1)NC(=Nc1n[nH]c2cc(F)cnc12)Nc1cc(F)cc(Cl)c1. The van der Waals surface area contributed by atoms with Crippen molar-refractivity contribution in [3.63, 3.8) is 0 Å². The van der Waals surface area contributed by atoms with Gasteiger partial charge in [0.05, 0.1) is 18.1 Å². The van der Waals surface area contributed by atoms with Crippen molar-refractivity contribution in [3.8, 4) is 0 Å². The van der Waals surface area contributed by atoms with Crippen LogP contribution in [0.5, 0.6) is 0 Å². The molecule has 0 aliphatic carbocycles. The lowest BCUT2D eigenvalue weighted by atomic mass is 10.1. The van der Waals surface area contributed by atoms with E-state index in [2.05, 4.69) is 30.8 Å². The zero-order valence-corrected chi connectivity index (χ0v) is 17.2. The average molecular weight is 477 g/mol. The van der Waals surface area contributed by atoms with Gasteiger partial charge in [-0.05, 0) is 35.9 Å². The standard InChI is InChI=1S/C21H13ClF4N6O/c22-11-5-12(23)7-14(6-11)28-21(29-18(33)4-10-1-2-15(25)16(26)3-10)30-20-19-17(31-32-20)8-13(24)9-27-19/h1-3,5-9H,4H2,(H3,28,29,30,31,32,33). The summed E-state index contributed by atoms with van der Waals surface area (Å²) >= 11 is 5.87. The number of H-pyrrole nitrogens is 1. The van der Waals surface area contributed by atoms with Gasteiger partial charge in [-0.2, -0.15) is 10.1 Å². The van der Waals surface area contributed by atoms with E-state index in [-0.39, 0.29) is 45.5 Å². The Morgan fingerprint density at radius 1 is 1.03 bits per heavy atom. The maximum Gasteiger partial charge on any atom is 0.231 e. The quantitative estimate of drug-likeness (QED) is 0.227. The number of amides is 1. The predicted molar refractivity (Wildman–Crippen MR) is 114 cm³/mol. The molecule has 0 spiro atoms. The van der Waals surface area contributed by atoms with E-state index in [0.29, 0.717) is 0 Å². The van der Waals surface area contributed by atoms with Crippen LogP contribution in [0.4, 0.5) is 29.1 Å². The van der Waals surface area contributed by atoms with Crippen LogP contribution in [0.1, 0.15) is 5.56 Å². The smallest absolute Gasteiger partial charge is 0.231 e. The van der Waals surface area contributed by atoms with E-state index in [4.69, 9.17) is 11.6 Å². The molecule has 168 valence electrons. The number of aromatic amines is 1. The number of benzene rings is 2. The molecule has 7 nitrogen and oxygen atoms in total. The summed E-state index contributed by atoms with van der Waals surface area (Å²) in [7, 11) is 0. The Morgan fingerprint density at radius 2 is 1.85 bits per heavy atom. The number of pyridine rings is 1. The second kappa shape index (κ2) is 9.25. The minimum atomic E-state index is -1.09. The normalized spacial score (nSPS) is 11.6. The Bertz CT molecular complexity index is 1370. The number of fused-ring (bicyclic) bond motifs is 1. The number of nitrogens with one attached hydrogen (secondary N) is 3. The molecule has 0 bridgehead atoms. The lowest BCUT2D eigenvalue weighted by Gasteiger charge is -2.12. The second-order valence-corrected chi connectivity index (χ2v) is 7.25. The third kappa shape index (κ3) is 5.44. The first kappa shape index (κ1) is 22.2. The van der Waals surface area contributed by atoms with Gasteiger partial charge in [0.1, 0.15) is 17.2 Å². The number of anilines is 1. The van der Waals surface area contributed by atoms with Gasteiger partial charge in [0.25, 0.3) is 0 Å². The molecule has 0 aliphatic heterocycles. The Labute approximate surface area is 188 Å². The highest BCUT2D eigenvalue weighted by atomic mass is 35.5. The van der Waals surface area contributed by atoms with Crippen LogP contribution in [-0.2, 0) is 11.2 Å². The number of aromatic nitrogens is 3. The molecular weight excluding hydrogens is 464 g/mol. The molecule has 0 saturated carbocycles. The highest BCUT2D eigenvalue weighted by Gasteiger charge is 2.14. The highest BCUT2D eigenvalue weighted by Crippen LogP contribution is 2.22. The van der Waals surface area contributed by atoms with E-state index in [9.17, 15) is 22.4 Å². The maximum atomic E-state index is 13.7. The molecule has 2 aromatic carbocycles. The minimum Gasteiger partial charge on any atom is -0.325 e. The van der Waals surface area contributed by atoms with Crippen LogP contribution in [0.15, 0.2) is 53.7 Å². The molecule has 3 N–H and O–H groups in total. The van der Waals surface area contributed by atoms with Crippen molar-refractivity contribution in [3.05, 3.63) is 82.5 Å². The number of hydrogen-bond acceptors (Lipinski definition) is 4. The third-order valence-corrected chi connectivity index (χ3v) is 4.52. The average Bonchev–Trinajstić information content (AvgIpc) is 3.11. The molecule has 1 amide bonds. The van der Waals surface area contributed by atoms with Crippen molar-refractivity contribution >= 4 is 46.0 Å². The van der Waals surface area contributed by atoms with E-state index in [1.165, 1.54) is 12.1 Å². The summed E-state index contributed by atoms with van der Waals surface area (Å²) in [6, 6.07) is 7.80. The Balaban J connectivity index is 1.64. The molecule has 0 atom stereocenters. The lowest BCUT2D eigenvalue weighted by Crippen LogP contribution is -2.36. The van der Waals surface area contributed by atoms with Crippen molar-refractivity contribution in [2.75, 3.05) is 5.32 Å². The molecule has 0 radical (unpaired) electrons. The number of nitrogens with zero attached hydrogens (tertiary/aromatic N) is 3. The molecule has 0 unspecified atom stereocenters. The summed E-state index contributed by atoms with van der Waals surface area (Å²) in [5.74, 6) is -4.20. The van der Waals surface area contributed by atoms with Crippen molar-refractivity contribution in [2.45, 2.75) is 6.42 Å². The molecule has 4 rings (SSSR count). The van der Waals surface area contributed by atoms with E-state index >= 15 is 0 Å². The molecule has 2 heterocycles. The topological polar surface area (TPSA) is 95.1 Å². The minimum absolute atomic E-state index is 0.00290. The summed E-state index contributed by atoms with van der Waals surface area (Å²) in [4.78, 5) is 20.6. The summed E-state index contributed by atoms with van der Waals surface area (Å²) < 4.78 is 53.7. The van der Waals surface area contributed by atoms with Gasteiger partial charge in [0, 0.05) is 16.8 Å². The van der Waals surface area contributed by atoms with Crippen LogP contribution in [-0.4, -0.2) is 27.0 Å². The highest BCUT2D eigenvalue weighted by molar-refractivity contribution is 6.31. The van der Waals surface area contributed by atoms with Gasteiger partial charge in [0.2, 0.25) is 17.7 Å². The number of rotatable bonds is 4. The van der Waals surface area contributed by atoms with Crippen molar-refractivity contribution < 1.29 is 22.4 Å². The summed E-state index contributed by atoms with van der Waals surface area (Å²) in [6.45, 7) is 0. The van der Waals surface area contributed by atoms with Crippen LogP contribution in [0.2, 0.25) is 5.02 Å². The van der Waals surface area contributed by atoms with Gasteiger partial charge >= 0.3 is 0 Å². The van der Waals surface area contributed by atoms with Gasteiger partial charge in [-0.1, -0.05) is 17.7 Å². The first-order chi connectivity index (χ1) is 15.8. The summed E-state index contributed by atoms with van der Waals surface area (Å²) in [5.41, 5.74) is 0.838. The Hall–Kier alpha value is -3.99. The number of carbonyl (C=O) groups excluding carboxylic acids is 1. The van der Waals surface area contributed by atoms with Gasteiger partial charge in [-0.3, -0.25) is 15.2 Å². The molecule has 12 heteroatoms. The van der Waals surface area contributed by atoms with Crippen LogP contribution in [0.25, 0.3) is 11.0 Å². The largest absolute Gasteiger partial charge is 0.325 e. The molecule has 0 fully saturated rings. The van der Waals surface area contributed by atoms with Crippen LogP contribution >= 0.6 is 11.6 Å². The fourth-order valence-corrected chi connectivity index (χ4v) is 3.14. The van der Waals surface area contributed by atoms with Gasteiger partial charge in [-0.15, -0.1) is 0 Å². The van der Waals surface area contributed by atoms with Gasteiger partial charge in [0.15, 0.2) is 11.6 Å². The number of hydrogen-bond donors (Lipinski definition) is 3. The number of guanidine groups is 1. The lowest BCUT2D eigenvalue weighted by molar-refractivity contribution is -0.119. The van der Waals surface area contributed by atoms with E-state index in [1.807, 2.05) is 0 Å². The number of carbonyl (C=O) groups is 1. The number of halogens is 5. The van der Waals surface area contributed by atoms with Gasteiger partial charge in [-0.25, -0.2) is 22.5 Å².